The van der Waals surface area contributed by atoms with Crippen LogP contribution in [0.5, 0.6) is 0 Å². The monoisotopic (exact) mass is 419 g/mol. The maximum Gasteiger partial charge on any atom is 0.306 e. The number of thiazole rings is 1. The zero-order chi connectivity index (χ0) is 20.8. The van der Waals surface area contributed by atoms with E-state index < -0.39 is 5.91 Å². The number of hydrogen-bond acceptors (Lipinski definition) is 5. The van der Waals surface area contributed by atoms with Crippen LogP contribution in [0.25, 0.3) is 22.2 Å². The van der Waals surface area contributed by atoms with E-state index in [9.17, 15) is 9.59 Å². The van der Waals surface area contributed by atoms with Gasteiger partial charge >= 0.3 is 5.97 Å². The number of esters is 1. The van der Waals surface area contributed by atoms with Gasteiger partial charge in [0.15, 0.2) is 11.7 Å². The molecule has 2 heterocycles. The van der Waals surface area contributed by atoms with Gasteiger partial charge in [-0.3, -0.25) is 14.9 Å². The molecule has 0 saturated carbocycles. The third-order valence-corrected chi connectivity index (χ3v) is 5.44. The van der Waals surface area contributed by atoms with E-state index in [1.807, 2.05) is 60.1 Å². The summed E-state index contributed by atoms with van der Waals surface area (Å²) >= 11 is 1.33. The summed E-state index contributed by atoms with van der Waals surface area (Å²) in [4.78, 5) is 31.6. The molecule has 0 radical (unpaired) electrons. The second-order valence-corrected chi connectivity index (χ2v) is 7.68. The van der Waals surface area contributed by atoms with Crippen LogP contribution < -0.4 is 5.32 Å². The van der Waals surface area contributed by atoms with Crippen LogP contribution in [-0.4, -0.2) is 28.5 Å². The van der Waals surface area contributed by atoms with Crippen LogP contribution in [0.3, 0.4) is 0 Å². The highest BCUT2D eigenvalue weighted by Crippen LogP contribution is 2.24. The lowest BCUT2D eigenvalue weighted by atomic mass is 10.1. The molecule has 0 unspecified atom stereocenters. The van der Waals surface area contributed by atoms with Crippen molar-refractivity contribution in [3.63, 3.8) is 0 Å². The number of nitrogens with zero attached hydrogens (tertiary/aromatic N) is 1. The summed E-state index contributed by atoms with van der Waals surface area (Å²) in [5, 5.41) is 6.20. The number of fused-ring (bicyclic) bond motifs is 1. The Labute approximate surface area is 177 Å². The van der Waals surface area contributed by atoms with Crippen molar-refractivity contribution in [3.05, 3.63) is 71.7 Å². The molecule has 0 atom stereocenters. The minimum absolute atomic E-state index is 0.266. The number of amides is 1. The fourth-order valence-electron chi connectivity index (χ4n) is 3.21. The molecule has 2 N–H and O–H groups in total. The van der Waals surface area contributed by atoms with Gasteiger partial charge in [0.2, 0.25) is 0 Å². The molecule has 4 aromatic rings. The van der Waals surface area contributed by atoms with Crippen LogP contribution in [-0.2, 0) is 20.7 Å². The highest BCUT2D eigenvalue weighted by molar-refractivity contribution is 7.14. The number of carbonyl (C=O) groups excluding carboxylic acids is 2. The largest absolute Gasteiger partial charge is 0.456 e. The van der Waals surface area contributed by atoms with Crippen LogP contribution in [0.2, 0.25) is 0 Å². The van der Waals surface area contributed by atoms with Gasteiger partial charge < -0.3 is 9.72 Å². The summed E-state index contributed by atoms with van der Waals surface area (Å²) in [6.45, 7) is -0.313. The molecule has 0 aliphatic rings. The van der Waals surface area contributed by atoms with Crippen molar-refractivity contribution >= 4 is 39.2 Å². The Morgan fingerprint density at radius 1 is 1.07 bits per heavy atom. The molecular weight excluding hydrogens is 398 g/mol. The minimum atomic E-state index is -0.394. The molecule has 0 aliphatic heterocycles. The van der Waals surface area contributed by atoms with Crippen molar-refractivity contribution in [1.82, 2.24) is 9.97 Å². The van der Waals surface area contributed by atoms with Crippen LogP contribution in [0.4, 0.5) is 5.13 Å². The smallest absolute Gasteiger partial charge is 0.306 e. The van der Waals surface area contributed by atoms with Crippen LogP contribution in [0.1, 0.15) is 18.4 Å². The average Bonchev–Trinajstić information content (AvgIpc) is 3.40. The number of nitrogens with one attached hydrogen (secondary N) is 2. The fraction of sp³-hybridized carbons (Fsp3) is 0.174. The molecule has 0 bridgehead atoms. The summed E-state index contributed by atoms with van der Waals surface area (Å²) in [7, 11) is 0. The van der Waals surface area contributed by atoms with E-state index in [0.29, 0.717) is 11.6 Å². The number of carbonyl (C=O) groups is 2. The second-order valence-electron chi connectivity index (χ2n) is 6.83. The first-order chi connectivity index (χ1) is 14.7. The molecule has 2 aromatic carbocycles. The van der Waals surface area contributed by atoms with Gasteiger partial charge in [0.25, 0.3) is 5.91 Å². The molecule has 6 nitrogen and oxygen atoms in total. The average molecular weight is 420 g/mol. The van der Waals surface area contributed by atoms with E-state index in [-0.39, 0.29) is 19.0 Å². The maximum absolute atomic E-state index is 12.0. The normalized spacial score (nSPS) is 10.8. The molecule has 0 fully saturated rings. The van der Waals surface area contributed by atoms with Gasteiger partial charge in [-0.25, -0.2) is 4.98 Å². The zero-order valence-electron chi connectivity index (χ0n) is 16.3. The lowest BCUT2D eigenvalue weighted by molar-refractivity contribution is -0.147. The number of benzene rings is 2. The zero-order valence-corrected chi connectivity index (χ0v) is 17.1. The quantitative estimate of drug-likeness (QED) is 0.402. The standard InChI is InChI=1S/C23H21N3O3S/c27-21(26-23-25-20(15-30-23)16-7-2-1-3-8-16)14-29-22(28)12-6-9-17-13-24-19-11-5-4-10-18(17)19/h1-5,7-8,10-11,13,15,24H,6,9,12,14H2,(H,25,26,27). The number of H-pyrrole nitrogens is 1. The molecule has 1 amide bonds. The Hall–Kier alpha value is -3.45. The Balaban J connectivity index is 1.19. The molecule has 152 valence electrons. The summed E-state index contributed by atoms with van der Waals surface area (Å²) < 4.78 is 5.09. The van der Waals surface area contributed by atoms with Gasteiger partial charge in [-0.2, -0.15) is 0 Å². The molecule has 0 aliphatic carbocycles. The van der Waals surface area contributed by atoms with E-state index in [4.69, 9.17) is 4.74 Å². The van der Waals surface area contributed by atoms with Crippen LogP contribution >= 0.6 is 11.3 Å². The minimum Gasteiger partial charge on any atom is -0.456 e. The van der Waals surface area contributed by atoms with Crippen molar-refractivity contribution in [3.8, 4) is 11.3 Å². The number of hydrogen-bond donors (Lipinski definition) is 2. The van der Waals surface area contributed by atoms with Gasteiger partial charge in [0.1, 0.15) is 0 Å². The molecule has 7 heteroatoms. The second kappa shape index (κ2) is 9.37. The van der Waals surface area contributed by atoms with Crippen molar-refractivity contribution in [2.45, 2.75) is 19.3 Å². The first kappa shape index (κ1) is 19.8. The van der Waals surface area contributed by atoms with Crippen molar-refractivity contribution in [2.75, 3.05) is 11.9 Å². The molecule has 30 heavy (non-hydrogen) atoms. The van der Waals surface area contributed by atoms with E-state index in [1.54, 1.807) is 0 Å². The number of ether oxygens (including phenoxy) is 1. The number of anilines is 1. The van der Waals surface area contributed by atoms with Crippen molar-refractivity contribution < 1.29 is 14.3 Å². The first-order valence-corrected chi connectivity index (χ1v) is 10.6. The topological polar surface area (TPSA) is 84.1 Å². The number of aryl methyl sites for hydroxylation is 1. The van der Waals surface area contributed by atoms with Crippen molar-refractivity contribution in [2.24, 2.45) is 0 Å². The Morgan fingerprint density at radius 2 is 1.87 bits per heavy atom. The van der Waals surface area contributed by atoms with Crippen molar-refractivity contribution in [1.29, 1.82) is 0 Å². The molecule has 0 spiro atoms. The Morgan fingerprint density at radius 3 is 2.73 bits per heavy atom. The van der Waals surface area contributed by atoms with Gasteiger partial charge in [0.05, 0.1) is 5.69 Å². The number of aromatic nitrogens is 2. The van der Waals surface area contributed by atoms with Crippen LogP contribution in [0.15, 0.2) is 66.2 Å². The third kappa shape index (κ3) is 4.93. The first-order valence-electron chi connectivity index (χ1n) is 9.70. The lowest BCUT2D eigenvalue weighted by Gasteiger charge is -2.05. The Kier molecular flexibility index (Phi) is 6.20. The van der Waals surface area contributed by atoms with E-state index >= 15 is 0 Å². The Bertz CT molecular complexity index is 1150. The maximum atomic E-state index is 12.0. The highest BCUT2D eigenvalue weighted by Gasteiger charge is 2.11. The molecular formula is C23H21N3O3S. The molecule has 4 rings (SSSR count). The summed E-state index contributed by atoms with van der Waals surface area (Å²) in [6.07, 6.45) is 3.67. The summed E-state index contributed by atoms with van der Waals surface area (Å²) in [5.41, 5.74) is 4.04. The SMILES string of the molecule is O=C(COC(=O)CCCc1c[nH]c2ccccc12)Nc1nc(-c2ccccc2)cs1. The van der Waals surface area contributed by atoms with E-state index in [1.165, 1.54) is 22.3 Å². The van der Waals surface area contributed by atoms with Crippen LogP contribution in [0, 0.1) is 0 Å². The van der Waals surface area contributed by atoms with Gasteiger partial charge in [-0.05, 0) is 24.5 Å². The predicted molar refractivity (Wildman–Crippen MR) is 118 cm³/mol. The lowest BCUT2D eigenvalue weighted by Crippen LogP contribution is -2.20. The molecule has 0 saturated heterocycles. The van der Waals surface area contributed by atoms with E-state index in [2.05, 4.69) is 21.4 Å². The highest BCUT2D eigenvalue weighted by atomic mass is 32.1. The summed E-state index contributed by atoms with van der Waals surface area (Å²) in [5.74, 6) is -0.775. The molecule has 2 aromatic heterocycles. The number of rotatable bonds is 8. The number of aromatic amines is 1. The third-order valence-electron chi connectivity index (χ3n) is 4.69. The van der Waals surface area contributed by atoms with Gasteiger partial charge in [0, 0.05) is 34.5 Å². The predicted octanol–water partition coefficient (Wildman–Crippen LogP) is 4.80. The van der Waals surface area contributed by atoms with Gasteiger partial charge in [-0.15, -0.1) is 11.3 Å². The fourth-order valence-corrected chi connectivity index (χ4v) is 3.94. The summed E-state index contributed by atoms with van der Waals surface area (Å²) in [6, 6.07) is 17.8. The number of para-hydroxylation sites is 1. The van der Waals surface area contributed by atoms with E-state index in [0.717, 1.165) is 23.2 Å². The van der Waals surface area contributed by atoms with Gasteiger partial charge in [-0.1, -0.05) is 48.5 Å².